The maximum absolute atomic E-state index is 3.42. The van der Waals surface area contributed by atoms with Crippen LogP contribution in [0.15, 0.2) is 32.9 Å². The van der Waals surface area contributed by atoms with Gasteiger partial charge in [0.25, 0.3) is 0 Å². The fourth-order valence-corrected chi connectivity index (χ4v) is 3.19. The molecule has 0 spiro atoms. The Kier molecular flexibility index (Phi) is 1.23. The molecular formula is C8H6Sb. The molecule has 1 heterocycles. The molecule has 2 aliphatic rings. The van der Waals surface area contributed by atoms with Gasteiger partial charge in [-0.1, -0.05) is 0 Å². The minimum atomic E-state index is -0.144. The topological polar surface area (TPSA) is 0 Å². The van der Waals surface area contributed by atoms with E-state index in [9.17, 15) is 0 Å². The van der Waals surface area contributed by atoms with Gasteiger partial charge in [0.15, 0.2) is 0 Å². The first-order valence-electron chi connectivity index (χ1n) is 2.93. The predicted octanol–water partition coefficient (Wildman–Crippen LogP) is 1.15. The van der Waals surface area contributed by atoms with Crippen LogP contribution in [0.4, 0.5) is 0 Å². The van der Waals surface area contributed by atoms with Crippen LogP contribution in [0.25, 0.3) is 0 Å². The molecule has 0 amide bonds. The third-order valence-electron chi connectivity index (χ3n) is 1.45. The summed E-state index contributed by atoms with van der Waals surface area (Å²) in [6, 6.07) is 0. The second-order valence-corrected chi connectivity index (χ2v) is 4.38. The molecule has 0 bridgehead atoms. The second kappa shape index (κ2) is 1.95. The van der Waals surface area contributed by atoms with E-state index in [1.165, 1.54) is 16.7 Å². The van der Waals surface area contributed by atoms with E-state index in [-0.39, 0.29) is 21.1 Å². The first kappa shape index (κ1) is 5.67. The Hall–Kier alpha value is -0.0918. The van der Waals surface area contributed by atoms with Crippen LogP contribution in [0, 0.1) is 0 Å². The molecule has 0 nitrogen and oxygen atoms in total. The van der Waals surface area contributed by atoms with Crippen LogP contribution in [0.1, 0.15) is 6.92 Å². The van der Waals surface area contributed by atoms with Crippen molar-refractivity contribution in [1.82, 2.24) is 0 Å². The van der Waals surface area contributed by atoms with E-state index in [1.54, 1.807) is 0 Å². The summed E-state index contributed by atoms with van der Waals surface area (Å²) in [5.41, 5.74) is 4.17. The van der Waals surface area contributed by atoms with Crippen LogP contribution in [-0.4, -0.2) is 25.1 Å². The molecule has 0 saturated carbocycles. The van der Waals surface area contributed by atoms with Gasteiger partial charge in [0.2, 0.25) is 0 Å². The molecule has 9 heavy (non-hydrogen) atoms. The van der Waals surface area contributed by atoms with Gasteiger partial charge in [-0.3, -0.25) is 0 Å². The second-order valence-electron chi connectivity index (χ2n) is 2.27. The van der Waals surface area contributed by atoms with Crippen molar-refractivity contribution in [2.45, 2.75) is 6.92 Å². The molecule has 0 aromatic heterocycles. The van der Waals surface area contributed by atoms with Crippen molar-refractivity contribution in [3.63, 3.8) is 0 Å². The van der Waals surface area contributed by atoms with Crippen LogP contribution in [-0.2, 0) is 0 Å². The predicted molar refractivity (Wildman–Crippen MR) is 40.7 cm³/mol. The Bertz CT molecular complexity index is 264. The summed E-state index contributed by atoms with van der Waals surface area (Å²) in [6.45, 7) is 2.14. The fraction of sp³-hybridized carbons (Fsp3) is 0.125. The average molecular weight is 224 g/mol. The number of hydrogen-bond acceptors (Lipinski definition) is 0. The molecule has 0 atom stereocenters. The molecule has 0 aromatic rings. The van der Waals surface area contributed by atoms with Crippen LogP contribution in [0.5, 0.6) is 0 Å². The van der Waals surface area contributed by atoms with Gasteiger partial charge < -0.3 is 0 Å². The Morgan fingerprint density at radius 2 is 2.33 bits per heavy atom. The maximum atomic E-state index is 3.42. The summed E-state index contributed by atoms with van der Waals surface area (Å²) < 4.78 is 5.78. The van der Waals surface area contributed by atoms with Gasteiger partial charge in [0.1, 0.15) is 0 Å². The van der Waals surface area contributed by atoms with Gasteiger partial charge in [0, 0.05) is 0 Å². The summed E-state index contributed by atoms with van der Waals surface area (Å²) in [5, 5.41) is 0. The van der Waals surface area contributed by atoms with Crippen LogP contribution in [0.3, 0.4) is 0 Å². The molecule has 0 fully saturated rings. The number of rotatable bonds is 0. The Labute approximate surface area is 65.0 Å². The average Bonchev–Trinajstić information content (AvgIpc) is 2.22. The zero-order valence-corrected chi connectivity index (χ0v) is 7.73. The third kappa shape index (κ3) is 0.861. The summed E-state index contributed by atoms with van der Waals surface area (Å²) in [6.07, 6.45) is 4.46. The van der Waals surface area contributed by atoms with Gasteiger partial charge in [-0.15, -0.1) is 0 Å². The zero-order chi connectivity index (χ0) is 6.27. The molecule has 2 rings (SSSR count). The van der Waals surface area contributed by atoms with Crippen molar-refractivity contribution in [2.75, 3.05) is 0 Å². The van der Waals surface area contributed by atoms with E-state index >= 15 is 0 Å². The molecule has 1 aliphatic carbocycles. The van der Waals surface area contributed by atoms with Gasteiger partial charge in [-0.25, -0.2) is 0 Å². The fourth-order valence-electron chi connectivity index (χ4n) is 1.05. The van der Waals surface area contributed by atoms with Gasteiger partial charge in [-0.05, 0) is 0 Å². The van der Waals surface area contributed by atoms with Crippen molar-refractivity contribution < 1.29 is 0 Å². The standard InChI is InChI=1S/C8H6.Sb/c1-6-4-7(2)8(3)5-6;/h2,4-5H,1H3;. The molecule has 1 radical (unpaired) electrons. The van der Waals surface area contributed by atoms with Crippen molar-refractivity contribution in [2.24, 2.45) is 0 Å². The number of allylic oxidation sites excluding steroid dienone is 5. The molecule has 0 saturated heterocycles. The first-order valence-corrected chi connectivity index (χ1v) is 5.68. The Morgan fingerprint density at radius 3 is 3.11 bits per heavy atom. The van der Waals surface area contributed by atoms with Crippen molar-refractivity contribution in [3.8, 4) is 0 Å². The van der Waals surface area contributed by atoms with Crippen LogP contribution in [0.2, 0.25) is 0 Å². The van der Waals surface area contributed by atoms with Gasteiger partial charge in [0.05, 0.1) is 0 Å². The monoisotopic (exact) mass is 223 g/mol. The first-order chi connectivity index (χ1) is 4.36. The van der Waals surface area contributed by atoms with Crippen LogP contribution < -0.4 is 0 Å². The van der Waals surface area contributed by atoms with E-state index < -0.39 is 0 Å². The Balaban J connectivity index is 2.53. The SMILES string of the molecule is CC1=CC2=[CH][Sb]=[C]C2=C1. The third-order valence-corrected chi connectivity index (χ3v) is 3.67. The quantitative estimate of drug-likeness (QED) is 0.541. The minimum absolute atomic E-state index is 0.144. The van der Waals surface area contributed by atoms with E-state index in [1.807, 2.05) is 0 Å². The molecular weight excluding hydrogens is 218 g/mol. The van der Waals surface area contributed by atoms with E-state index in [4.69, 9.17) is 0 Å². The van der Waals surface area contributed by atoms with E-state index in [0.29, 0.717) is 0 Å². The summed E-state index contributed by atoms with van der Waals surface area (Å²) >= 11 is -0.144. The van der Waals surface area contributed by atoms with Gasteiger partial charge >= 0.3 is 64.9 Å². The number of fused-ring (bicyclic) bond motifs is 1. The normalized spacial score (nSPS) is 21.2. The molecule has 0 aromatic carbocycles. The number of hydrogen-bond donors (Lipinski definition) is 0. The van der Waals surface area contributed by atoms with Crippen molar-refractivity contribution >= 4 is 25.1 Å². The molecule has 0 unspecified atom stereocenters. The molecule has 43 valence electrons. The molecule has 1 heteroatoms. The van der Waals surface area contributed by atoms with Crippen molar-refractivity contribution in [3.05, 3.63) is 32.9 Å². The van der Waals surface area contributed by atoms with Crippen LogP contribution >= 0.6 is 0 Å². The Morgan fingerprint density at radius 1 is 1.44 bits per heavy atom. The molecule has 1 aliphatic heterocycles. The molecule has 0 N–H and O–H groups in total. The van der Waals surface area contributed by atoms with Gasteiger partial charge in [-0.2, -0.15) is 0 Å². The van der Waals surface area contributed by atoms with E-state index in [2.05, 4.69) is 27.0 Å². The summed E-state index contributed by atoms with van der Waals surface area (Å²) in [5.74, 6) is 0. The van der Waals surface area contributed by atoms with E-state index in [0.717, 1.165) is 0 Å². The summed E-state index contributed by atoms with van der Waals surface area (Å²) in [7, 11) is 0. The summed E-state index contributed by atoms with van der Waals surface area (Å²) in [4.78, 5) is 0. The zero-order valence-electron chi connectivity index (χ0n) is 5.18. The van der Waals surface area contributed by atoms with Crippen molar-refractivity contribution in [1.29, 1.82) is 0 Å².